The van der Waals surface area contributed by atoms with Crippen molar-refractivity contribution in [2.24, 2.45) is 0 Å². The van der Waals surface area contributed by atoms with E-state index in [2.05, 4.69) is 27.5 Å². The Morgan fingerprint density at radius 3 is 2.63 bits per heavy atom. The van der Waals surface area contributed by atoms with Crippen molar-refractivity contribution in [3.63, 3.8) is 0 Å². The third-order valence-electron chi connectivity index (χ3n) is 4.91. The molecule has 8 heteroatoms. The Morgan fingerprint density at radius 2 is 1.83 bits per heavy atom. The first-order valence-electron chi connectivity index (χ1n) is 9.71. The zero-order valence-corrected chi connectivity index (χ0v) is 18.0. The predicted octanol–water partition coefficient (Wildman–Crippen LogP) is 4.40. The van der Waals surface area contributed by atoms with Crippen LogP contribution in [0.4, 0.5) is 0 Å². The molecule has 0 aliphatic heterocycles. The van der Waals surface area contributed by atoms with E-state index in [0.717, 1.165) is 33.4 Å². The molecule has 150 valence electrons. The minimum atomic E-state index is -0.0574. The lowest BCUT2D eigenvalue weighted by Crippen LogP contribution is -2.24. The second kappa shape index (κ2) is 8.04. The van der Waals surface area contributed by atoms with Gasteiger partial charge in [0.2, 0.25) is 5.78 Å². The van der Waals surface area contributed by atoms with Gasteiger partial charge in [0.15, 0.2) is 5.16 Å². The Hall–Kier alpha value is -2.97. The van der Waals surface area contributed by atoms with Gasteiger partial charge in [-0.15, -0.1) is 21.5 Å². The quantitative estimate of drug-likeness (QED) is 0.371. The van der Waals surface area contributed by atoms with E-state index in [4.69, 9.17) is 0 Å². The fourth-order valence-electron chi connectivity index (χ4n) is 3.45. The number of rotatable bonds is 6. The minimum absolute atomic E-state index is 0.0574. The number of para-hydroxylation sites is 1. The maximum atomic E-state index is 13.2. The summed E-state index contributed by atoms with van der Waals surface area (Å²) in [6.07, 6.45) is 0.944. The monoisotopic (exact) mass is 433 g/mol. The number of nitrogens with zero attached hydrogens (tertiary/aromatic N) is 5. The molecule has 30 heavy (non-hydrogen) atoms. The molecule has 0 saturated carbocycles. The third kappa shape index (κ3) is 3.42. The molecular formula is C22H19N5OS2. The van der Waals surface area contributed by atoms with Crippen LogP contribution in [0.15, 0.2) is 69.9 Å². The van der Waals surface area contributed by atoms with E-state index < -0.39 is 0 Å². The lowest BCUT2D eigenvalue weighted by Gasteiger charge is -2.11. The van der Waals surface area contributed by atoms with Gasteiger partial charge in [-0.2, -0.15) is 0 Å². The molecule has 0 aliphatic rings. The van der Waals surface area contributed by atoms with Crippen LogP contribution in [0.2, 0.25) is 0 Å². The van der Waals surface area contributed by atoms with Crippen molar-refractivity contribution in [1.29, 1.82) is 0 Å². The van der Waals surface area contributed by atoms with Crippen LogP contribution in [0.1, 0.15) is 23.2 Å². The highest BCUT2D eigenvalue weighted by Crippen LogP contribution is 2.25. The van der Waals surface area contributed by atoms with E-state index in [0.29, 0.717) is 23.5 Å². The molecule has 0 amide bonds. The molecule has 0 atom stereocenters. The summed E-state index contributed by atoms with van der Waals surface area (Å²) in [6, 6.07) is 17.6. The first-order valence-corrected chi connectivity index (χ1v) is 11.6. The fourth-order valence-corrected chi connectivity index (χ4v) is 5.13. The lowest BCUT2D eigenvalue weighted by atomic mass is 10.2. The van der Waals surface area contributed by atoms with Gasteiger partial charge in [-0.25, -0.2) is 4.98 Å². The van der Waals surface area contributed by atoms with Crippen molar-refractivity contribution in [3.05, 3.63) is 86.6 Å². The van der Waals surface area contributed by atoms with E-state index in [1.807, 2.05) is 59.0 Å². The summed E-state index contributed by atoms with van der Waals surface area (Å²) in [5.41, 5.74) is 2.85. The third-order valence-corrected chi connectivity index (χ3v) is 6.92. The molecule has 0 radical (unpaired) electrons. The van der Waals surface area contributed by atoms with Gasteiger partial charge in [-0.1, -0.05) is 61.2 Å². The summed E-state index contributed by atoms with van der Waals surface area (Å²) in [7, 11) is 0. The second-order valence-corrected chi connectivity index (χ2v) is 8.77. The topological polar surface area (TPSA) is 65.1 Å². The number of thioether (sulfide) groups is 1. The van der Waals surface area contributed by atoms with Crippen molar-refractivity contribution in [3.8, 4) is 0 Å². The van der Waals surface area contributed by atoms with Crippen LogP contribution in [0.25, 0.3) is 16.7 Å². The van der Waals surface area contributed by atoms with Crippen molar-refractivity contribution < 1.29 is 0 Å². The average molecular weight is 434 g/mol. The van der Waals surface area contributed by atoms with Crippen LogP contribution < -0.4 is 5.56 Å². The molecule has 0 spiro atoms. The van der Waals surface area contributed by atoms with E-state index in [1.165, 1.54) is 0 Å². The minimum Gasteiger partial charge on any atom is -0.272 e. The highest BCUT2D eigenvalue weighted by atomic mass is 32.2. The van der Waals surface area contributed by atoms with Crippen LogP contribution in [-0.2, 0) is 18.7 Å². The number of hydrogen-bond acceptors (Lipinski definition) is 6. The predicted molar refractivity (Wildman–Crippen MR) is 121 cm³/mol. The molecule has 0 aliphatic carbocycles. The van der Waals surface area contributed by atoms with Crippen LogP contribution in [-0.4, -0.2) is 24.1 Å². The van der Waals surface area contributed by atoms with Gasteiger partial charge in [0.1, 0.15) is 0 Å². The van der Waals surface area contributed by atoms with E-state index in [9.17, 15) is 4.79 Å². The van der Waals surface area contributed by atoms with E-state index in [-0.39, 0.29) is 5.56 Å². The van der Waals surface area contributed by atoms with Gasteiger partial charge in [0.05, 0.1) is 28.1 Å². The summed E-state index contributed by atoms with van der Waals surface area (Å²) in [5, 5.41) is 13.5. The molecule has 5 aromatic rings. The highest BCUT2D eigenvalue weighted by molar-refractivity contribution is 7.98. The first kappa shape index (κ1) is 19.0. The number of thiazole rings is 1. The number of aromatic nitrogens is 5. The Morgan fingerprint density at radius 1 is 1.03 bits per heavy atom. The van der Waals surface area contributed by atoms with Gasteiger partial charge < -0.3 is 0 Å². The lowest BCUT2D eigenvalue weighted by molar-refractivity contribution is 0.764. The molecule has 0 unspecified atom stereocenters. The van der Waals surface area contributed by atoms with Crippen molar-refractivity contribution in [1.82, 2.24) is 24.1 Å². The normalized spacial score (nSPS) is 11.5. The Kier molecular flexibility index (Phi) is 5.10. The number of fused-ring (bicyclic) bond motifs is 3. The Bertz CT molecular complexity index is 1390. The summed E-state index contributed by atoms with van der Waals surface area (Å²) in [6.45, 7) is 2.56. The van der Waals surface area contributed by atoms with Gasteiger partial charge in [-0.05, 0) is 24.1 Å². The van der Waals surface area contributed by atoms with Crippen molar-refractivity contribution >= 4 is 39.8 Å². The zero-order chi connectivity index (χ0) is 20.5. The molecule has 2 aromatic carbocycles. The maximum absolute atomic E-state index is 13.2. The van der Waals surface area contributed by atoms with Crippen LogP contribution in [0, 0.1) is 0 Å². The van der Waals surface area contributed by atoms with Gasteiger partial charge >= 0.3 is 0 Å². The summed E-state index contributed by atoms with van der Waals surface area (Å²) < 4.78 is 3.68. The maximum Gasteiger partial charge on any atom is 0.263 e. The molecule has 3 aromatic heterocycles. The van der Waals surface area contributed by atoms with Gasteiger partial charge in [-0.3, -0.25) is 13.8 Å². The number of benzene rings is 2. The zero-order valence-electron chi connectivity index (χ0n) is 16.4. The molecule has 0 N–H and O–H groups in total. The molecular weight excluding hydrogens is 414 g/mol. The van der Waals surface area contributed by atoms with Gasteiger partial charge in [0, 0.05) is 11.1 Å². The van der Waals surface area contributed by atoms with Gasteiger partial charge in [0.25, 0.3) is 5.56 Å². The smallest absolute Gasteiger partial charge is 0.263 e. The summed E-state index contributed by atoms with van der Waals surface area (Å²) >= 11 is 3.27. The molecule has 0 saturated heterocycles. The molecule has 0 bridgehead atoms. The largest absolute Gasteiger partial charge is 0.272 e. The number of aryl methyl sites for hydroxylation is 1. The van der Waals surface area contributed by atoms with Crippen LogP contribution >= 0.6 is 23.1 Å². The van der Waals surface area contributed by atoms with E-state index in [1.54, 1.807) is 27.7 Å². The molecule has 0 fully saturated rings. The highest BCUT2D eigenvalue weighted by Gasteiger charge is 2.17. The van der Waals surface area contributed by atoms with Crippen LogP contribution in [0.5, 0.6) is 0 Å². The molecule has 5 rings (SSSR count). The Labute approximate surface area is 181 Å². The molecule has 3 heterocycles. The summed E-state index contributed by atoms with van der Waals surface area (Å²) in [5.74, 6) is 1.27. The second-order valence-electron chi connectivity index (χ2n) is 6.89. The standard InChI is InChI=1S/C22H19N5OS2/c1-2-19-23-16(13-29-19)14-30-22-25-24-21-26(12-15-8-4-3-5-9-15)20(28)17-10-6-7-11-18(17)27(21)22/h3-11,13H,2,12,14H2,1H3. The fraction of sp³-hybridized carbons (Fsp3) is 0.182. The molecule has 6 nitrogen and oxygen atoms in total. The average Bonchev–Trinajstić information content (AvgIpc) is 3.43. The Balaban J connectivity index is 1.62. The summed E-state index contributed by atoms with van der Waals surface area (Å²) in [4.78, 5) is 17.9. The van der Waals surface area contributed by atoms with Crippen molar-refractivity contribution in [2.75, 3.05) is 0 Å². The van der Waals surface area contributed by atoms with Crippen LogP contribution in [0.3, 0.4) is 0 Å². The first-order chi connectivity index (χ1) is 14.7. The van der Waals surface area contributed by atoms with Crippen molar-refractivity contribution in [2.45, 2.75) is 30.8 Å². The van der Waals surface area contributed by atoms with E-state index >= 15 is 0 Å². The number of hydrogen-bond donors (Lipinski definition) is 0. The SMILES string of the molecule is CCc1nc(CSc2nnc3n(Cc4ccccc4)c(=O)c4ccccc4n23)cs1.